The number of hydrogen-bond donors (Lipinski definition) is 1. The van der Waals surface area contributed by atoms with Crippen LogP contribution in [0.1, 0.15) is 32.6 Å². The summed E-state index contributed by atoms with van der Waals surface area (Å²) >= 11 is 0. The average Bonchev–Trinajstić information content (AvgIpc) is 2.74. The number of likely N-dealkylation sites (N-methyl/N-ethyl adjacent to an activating group) is 1. The number of piperazine rings is 1. The Hall–Kier alpha value is -0.650. The van der Waals surface area contributed by atoms with Crippen LogP contribution in [0.2, 0.25) is 0 Å². The Kier molecular flexibility index (Phi) is 5.81. The first kappa shape index (κ1) is 15.7. The minimum Gasteiger partial charge on any atom is -0.341 e. The molecule has 0 aromatic heterocycles. The molecule has 116 valence electrons. The molecule has 2 N–H and O–H groups in total. The topological polar surface area (TPSA) is 52.8 Å². The van der Waals surface area contributed by atoms with E-state index in [9.17, 15) is 4.79 Å². The van der Waals surface area contributed by atoms with Crippen molar-refractivity contribution in [3.8, 4) is 0 Å². The molecule has 5 heteroatoms. The number of hydrogen-bond acceptors (Lipinski definition) is 4. The molecule has 0 spiro atoms. The van der Waals surface area contributed by atoms with Crippen molar-refractivity contribution in [3.63, 3.8) is 0 Å². The lowest BCUT2D eigenvalue weighted by molar-refractivity contribution is -0.138. The second-order valence-electron chi connectivity index (χ2n) is 6.31. The molecule has 2 atom stereocenters. The highest BCUT2D eigenvalue weighted by atomic mass is 16.2. The largest absolute Gasteiger partial charge is 0.341 e. The Morgan fingerprint density at radius 1 is 1.15 bits per heavy atom. The summed E-state index contributed by atoms with van der Waals surface area (Å²) in [7, 11) is 2.13. The molecule has 2 rings (SSSR count). The molecule has 2 unspecified atom stereocenters. The average molecular weight is 282 g/mol. The van der Waals surface area contributed by atoms with Crippen LogP contribution in [-0.4, -0.2) is 79.0 Å². The van der Waals surface area contributed by atoms with Crippen LogP contribution in [0.5, 0.6) is 0 Å². The van der Waals surface area contributed by atoms with Crippen molar-refractivity contribution in [2.45, 2.75) is 44.7 Å². The normalized spacial score (nSPS) is 28.1. The van der Waals surface area contributed by atoms with Gasteiger partial charge in [0, 0.05) is 45.3 Å². The fourth-order valence-electron chi connectivity index (χ4n) is 3.44. The van der Waals surface area contributed by atoms with E-state index in [1.54, 1.807) is 0 Å². The van der Waals surface area contributed by atoms with Gasteiger partial charge >= 0.3 is 0 Å². The first-order chi connectivity index (χ1) is 9.63. The molecule has 0 aromatic carbocycles. The molecule has 5 nitrogen and oxygen atoms in total. The van der Waals surface area contributed by atoms with Crippen LogP contribution in [-0.2, 0) is 4.79 Å². The van der Waals surface area contributed by atoms with Crippen molar-refractivity contribution in [1.29, 1.82) is 0 Å². The predicted octanol–water partition coefficient (Wildman–Crippen LogP) is 0.352. The maximum atomic E-state index is 12.7. The Balaban J connectivity index is 1.97. The van der Waals surface area contributed by atoms with Crippen molar-refractivity contribution < 1.29 is 4.79 Å². The predicted molar refractivity (Wildman–Crippen MR) is 81.6 cm³/mol. The summed E-state index contributed by atoms with van der Waals surface area (Å²) in [6.45, 7) is 7.49. The highest BCUT2D eigenvalue weighted by Crippen LogP contribution is 2.16. The van der Waals surface area contributed by atoms with E-state index >= 15 is 0 Å². The number of carbonyl (C=O) groups excluding carboxylic acids is 1. The monoisotopic (exact) mass is 282 g/mol. The van der Waals surface area contributed by atoms with Gasteiger partial charge in [0.25, 0.3) is 0 Å². The SMILES string of the molecule is CC(C(=O)N1CCCCCC1)N1CCN(C)CC1CN. The van der Waals surface area contributed by atoms with Crippen LogP contribution in [0, 0.1) is 0 Å². The van der Waals surface area contributed by atoms with E-state index < -0.39 is 0 Å². The molecule has 2 aliphatic rings. The lowest BCUT2D eigenvalue weighted by atomic mass is 10.1. The van der Waals surface area contributed by atoms with Gasteiger partial charge in [0.1, 0.15) is 0 Å². The van der Waals surface area contributed by atoms with E-state index in [0.29, 0.717) is 18.5 Å². The van der Waals surface area contributed by atoms with Gasteiger partial charge in [-0.25, -0.2) is 0 Å². The van der Waals surface area contributed by atoms with Crippen molar-refractivity contribution in [3.05, 3.63) is 0 Å². The fraction of sp³-hybridized carbons (Fsp3) is 0.933. The lowest BCUT2D eigenvalue weighted by Crippen LogP contribution is -2.60. The van der Waals surface area contributed by atoms with Crippen molar-refractivity contribution >= 4 is 5.91 Å². The standard InChI is InChI=1S/C15H30N4O/c1-13(15(20)18-7-5-3-4-6-8-18)19-10-9-17(2)12-14(19)11-16/h13-14H,3-12,16H2,1-2H3. The van der Waals surface area contributed by atoms with Crippen molar-refractivity contribution in [2.75, 3.05) is 46.3 Å². The number of nitrogens with zero attached hydrogens (tertiary/aromatic N) is 3. The van der Waals surface area contributed by atoms with Crippen LogP contribution in [0.25, 0.3) is 0 Å². The molecule has 0 aliphatic carbocycles. The second kappa shape index (κ2) is 7.38. The Morgan fingerprint density at radius 3 is 2.40 bits per heavy atom. The zero-order valence-electron chi connectivity index (χ0n) is 13.1. The summed E-state index contributed by atoms with van der Waals surface area (Å²) in [6.07, 6.45) is 4.83. The van der Waals surface area contributed by atoms with Gasteiger partial charge in [0.05, 0.1) is 6.04 Å². The molecule has 0 saturated carbocycles. The third-order valence-corrected chi connectivity index (χ3v) is 4.78. The van der Waals surface area contributed by atoms with E-state index in [0.717, 1.165) is 45.6 Å². The second-order valence-corrected chi connectivity index (χ2v) is 6.31. The van der Waals surface area contributed by atoms with Gasteiger partial charge in [-0.05, 0) is 26.8 Å². The van der Waals surface area contributed by atoms with E-state index in [1.807, 2.05) is 0 Å². The first-order valence-electron chi connectivity index (χ1n) is 8.06. The Bertz CT molecular complexity index is 315. The Labute approximate surface area is 123 Å². The summed E-state index contributed by atoms with van der Waals surface area (Å²) in [5.74, 6) is 0.301. The lowest BCUT2D eigenvalue weighted by Gasteiger charge is -2.43. The molecular weight excluding hydrogens is 252 g/mol. The summed E-state index contributed by atoms with van der Waals surface area (Å²) in [5, 5.41) is 0. The van der Waals surface area contributed by atoms with Gasteiger partial charge in [-0.1, -0.05) is 12.8 Å². The number of amides is 1. The van der Waals surface area contributed by atoms with E-state index in [4.69, 9.17) is 5.73 Å². The van der Waals surface area contributed by atoms with Crippen molar-refractivity contribution in [2.24, 2.45) is 5.73 Å². The summed E-state index contributed by atoms with van der Waals surface area (Å²) in [6, 6.07) is 0.273. The first-order valence-corrected chi connectivity index (χ1v) is 8.06. The van der Waals surface area contributed by atoms with Gasteiger partial charge in [-0.3, -0.25) is 9.69 Å². The zero-order valence-corrected chi connectivity index (χ0v) is 13.1. The molecule has 0 aromatic rings. The van der Waals surface area contributed by atoms with Gasteiger partial charge < -0.3 is 15.5 Å². The third-order valence-electron chi connectivity index (χ3n) is 4.78. The molecule has 0 bridgehead atoms. The molecule has 0 radical (unpaired) electrons. The maximum Gasteiger partial charge on any atom is 0.239 e. The van der Waals surface area contributed by atoms with Gasteiger partial charge in [0.2, 0.25) is 5.91 Å². The van der Waals surface area contributed by atoms with Crippen LogP contribution >= 0.6 is 0 Å². The number of nitrogens with two attached hydrogens (primary N) is 1. The van der Waals surface area contributed by atoms with E-state index in [2.05, 4.69) is 28.7 Å². The van der Waals surface area contributed by atoms with E-state index in [1.165, 1.54) is 12.8 Å². The quantitative estimate of drug-likeness (QED) is 0.812. The van der Waals surface area contributed by atoms with Crippen molar-refractivity contribution in [1.82, 2.24) is 14.7 Å². The minimum absolute atomic E-state index is 0.0321. The molecule has 20 heavy (non-hydrogen) atoms. The molecular formula is C15H30N4O. The van der Waals surface area contributed by atoms with Crippen LogP contribution in [0.4, 0.5) is 0 Å². The minimum atomic E-state index is -0.0321. The molecule has 2 aliphatic heterocycles. The number of likely N-dealkylation sites (tertiary alicyclic amines) is 1. The highest BCUT2D eigenvalue weighted by molar-refractivity contribution is 5.81. The van der Waals surface area contributed by atoms with Crippen LogP contribution < -0.4 is 5.73 Å². The highest BCUT2D eigenvalue weighted by Gasteiger charge is 2.33. The van der Waals surface area contributed by atoms with Crippen LogP contribution in [0.3, 0.4) is 0 Å². The fourth-order valence-corrected chi connectivity index (χ4v) is 3.44. The van der Waals surface area contributed by atoms with Gasteiger partial charge in [0.15, 0.2) is 0 Å². The number of carbonyl (C=O) groups is 1. The third kappa shape index (κ3) is 3.71. The smallest absolute Gasteiger partial charge is 0.239 e. The number of rotatable bonds is 3. The molecule has 2 heterocycles. The summed E-state index contributed by atoms with van der Waals surface area (Å²) in [4.78, 5) is 19.4. The molecule has 2 fully saturated rings. The van der Waals surface area contributed by atoms with Gasteiger partial charge in [-0.15, -0.1) is 0 Å². The summed E-state index contributed by atoms with van der Waals surface area (Å²) in [5.41, 5.74) is 5.90. The molecule has 1 amide bonds. The Morgan fingerprint density at radius 2 is 1.80 bits per heavy atom. The summed E-state index contributed by atoms with van der Waals surface area (Å²) < 4.78 is 0. The van der Waals surface area contributed by atoms with E-state index in [-0.39, 0.29) is 6.04 Å². The zero-order chi connectivity index (χ0) is 14.5. The van der Waals surface area contributed by atoms with Crippen LogP contribution in [0.15, 0.2) is 0 Å². The van der Waals surface area contributed by atoms with Gasteiger partial charge in [-0.2, -0.15) is 0 Å². The molecule has 2 saturated heterocycles. The maximum absolute atomic E-state index is 12.7.